The number of esters is 1. The summed E-state index contributed by atoms with van der Waals surface area (Å²) in [6, 6.07) is 15.5. The standard InChI is InChI=1S/C26H24Cl2N2O4/c1-33-24(19-7-5-15-29-16-19)18-13-11-17(12-14-18)6-3-10-22(26(32)34-2)30-25(31)23-20(27)8-4-9-21(23)28/h3-9,11-16,22,24H,10H2,1-2H3,(H,30,31)/b6-3+. The summed E-state index contributed by atoms with van der Waals surface area (Å²) >= 11 is 12.2. The van der Waals surface area contributed by atoms with Gasteiger partial charge in [0.15, 0.2) is 0 Å². The van der Waals surface area contributed by atoms with E-state index in [2.05, 4.69) is 10.3 Å². The zero-order valence-corrected chi connectivity index (χ0v) is 20.2. The van der Waals surface area contributed by atoms with Crippen LogP contribution >= 0.6 is 23.2 Å². The Labute approximate surface area is 208 Å². The van der Waals surface area contributed by atoms with E-state index in [1.54, 1.807) is 43.8 Å². The molecule has 1 heterocycles. The number of aromatic nitrogens is 1. The van der Waals surface area contributed by atoms with Crippen LogP contribution in [0.1, 0.15) is 39.6 Å². The molecule has 1 aromatic heterocycles. The first-order valence-corrected chi connectivity index (χ1v) is 11.2. The molecule has 0 saturated heterocycles. The van der Waals surface area contributed by atoms with Crippen LogP contribution < -0.4 is 5.32 Å². The minimum absolute atomic E-state index is 0.112. The first-order valence-electron chi connectivity index (χ1n) is 10.5. The van der Waals surface area contributed by atoms with Crippen molar-refractivity contribution in [3.05, 3.63) is 105 Å². The number of hydrogen-bond donors (Lipinski definition) is 1. The molecule has 2 unspecified atom stereocenters. The molecule has 1 amide bonds. The number of nitrogens with zero attached hydrogens (tertiary/aromatic N) is 1. The molecule has 0 bridgehead atoms. The number of hydrogen-bond acceptors (Lipinski definition) is 5. The van der Waals surface area contributed by atoms with Gasteiger partial charge in [-0.05, 0) is 35.7 Å². The molecule has 34 heavy (non-hydrogen) atoms. The third-order valence-corrected chi connectivity index (χ3v) is 5.75. The van der Waals surface area contributed by atoms with Gasteiger partial charge < -0.3 is 14.8 Å². The Morgan fingerprint density at radius 1 is 1.00 bits per heavy atom. The van der Waals surface area contributed by atoms with Crippen LogP contribution in [0, 0.1) is 0 Å². The molecule has 3 aromatic rings. The first kappa shape index (κ1) is 25.4. The predicted molar refractivity (Wildman–Crippen MR) is 133 cm³/mol. The normalized spacial score (nSPS) is 12.8. The van der Waals surface area contributed by atoms with Gasteiger partial charge >= 0.3 is 5.97 Å². The fraction of sp³-hybridized carbons (Fsp3) is 0.192. The quantitative estimate of drug-likeness (QED) is 0.394. The Morgan fingerprint density at radius 2 is 1.71 bits per heavy atom. The average Bonchev–Trinajstić information content (AvgIpc) is 2.85. The number of rotatable bonds is 9. The Hall–Kier alpha value is -3.19. The van der Waals surface area contributed by atoms with Crippen LogP contribution in [0.25, 0.3) is 6.08 Å². The van der Waals surface area contributed by atoms with E-state index in [0.717, 1.165) is 16.7 Å². The lowest BCUT2D eigenvalue weighted by atomic mass is 10.0. The lowest BCUT2D eigenvalue weighted by molar-refractivity contribution is -0.142. The molecule has 0 fully saturated rings. The van der Waals surface area contributed by atoms with E-state index in [0.29, 0.717) is 0 Å². The molecule has 2 aromatic carbocycles. The van der Waals surface area contributed by atoms with Crippen molar-refractivity contribution in [2.75, 3.05) is 14.2 Å². The number of benzene rings is 2. The van der Waals surface area contributed by atoms with E-state index < -0.39 is 17.9 Å². The van der Waals surface area contributed by atoms with E-state index in [4.69, 9.17) is 32.7 Å². The van der Waals surface area contributed by atoms with Crippen molar-refractivity contribution in [2.45, 2.75) is 18.6 Å². The van der Waals surface area contributed by atoms with Gasteiger partial charge in [0.2, 0.25) is 0 Å². The van der Waals surface area contributed by atoms with Gasteiger partial charge in [-0.15, -0.1) is 0 Å². The Kier molecular flexibility index (Phi) is 9.22. The average molecular weight is 499 g/mol. The van der Waals surface area contributed by atoms with Crippen LogP contribution in [0.15, 0.2) is 73.1 Å². The van der Waals surface area contributed by atoms with Gasteiger partial charge in [0, 0.05) is 25.1 Å². The monoisotopic (exact) mass is 498 g/mol. The van der Waals surface area contributed by atoms with Crippen molar-refractivity contribution in [1.29, 1.82) is 0 Å². The number of methoxy groups -OCH3 is 2. The van der Waals surface area contributed by atoms with E-state index in [1.165, 1.54) is 7.11 Å². The van der Waals surface area contributed by atoms with Gasteiger partial charge in [0.25, 0.3) is 5.91 Å². The second-order valence-corrected chi connectivity index (χ2v) is 8.17. The molecule has 6 nitrogen and oxygen atoms in total. The molecule has 0 aliphatic heterocycles. The highest BCUT2D eigenvalue weighted by Crippen LogP contribution is 2.26. The van der Waals surface area contributed by atoms with Crippen molar-refractivity contribution in [1.82, 2.24) is 10.3 Å². The third kappa shape index (κ3) is 6.44. The Balaban J connectivity index is 1.68. The summed E-state index contributed by atoms with van der Waals surface area (Å²) in [5.74, 6) is -1.12. The van der Waals surface area contributed by atoms with Gasteiger partial charge in [0.05, 0.1) is 22.7 Å². The summed E-state index contributed by atoms with van der Waals surface area (Å²) in [5, 5.41) is 3.04. The van der Waals surface area contributed by atoms with Crippen molar-refractivity contribution >= 4 is 41.2 Å². The van der Waals surface area contributed by atoms with Crippen molar-refractivity contribution in [2.24, 2.45) is 0 Å². The highest BCUT2D eigenvalue weighted by Gasteiger charge is 2.23. The van der Waals surface area contributed by atoms with Gasteiger partial charge in [-0.3, -0.25) is 9.78 Å². The lowest BCUT2D eigenvalue weighted by Crippen LogP contribution is -2.41. The van der Waals surface area contributed by atoms with E-state index in [9.17, 15) is 9.59 Å². The molecular weight excluding hydrogens is 475 g/mol. The first-order chi connectivity index (χ1) is 16.4. The highest BCUT2D eigenvalue weighted by atomic mass is 35.5. The van der Waals surface area contributed by atoms with Crippen LogP contribution in [-0.4, -0.2) is 37.1 Å². The second-order valence-electron chi connectivity index (χ2n) is 7.35. The van der Waals surface area contributed by atoms with E-state index in [1.807, 2.05) is 42.5 Å². The molecule has 2 atom stereocenters. The maximum Gasteiger partial charge on any atom is 0.328 e. The summed E-state index contributed by atoms with van der Waals surface area (Å²) < 4.78 is 10.5. The summed E-state index contributed by atoms with van der Waals surface area (Å²) in [4.78, 5) is 29.0. The second kappa shape index (κ2) is 12.3. The third-order valence-electron chi connectivity index (χ3n) is 5.13. The SMILES string of the molecule is COC(=O)C(C/C=C/c1ccc(C(OC)c2cccnc2)cc1)NC(=O)c1c(Cl)cccc1Cl. The number of carbonyl (C=O) groups is 2. The maximum absolute atomic E-state index is 12.7. The zero-order chi connectivity index (χ0) is 24.5. The fourth-order valence-corrected chi connectivity index (χ4v) is 3.99. The Bertz CT molecular complexity index is 1130. The summed E-state index contributed by atoms with van der Waals surface area (Å²) in [6.07, 6.45) is 7.15. The van der Waals surface area contributed by atoms with Gasteiger partial charge in [-0.2, -0.15) is 0 Å². The van der Waals surface area contributed by atoms with Gasteiger partial charge in [0.1, 0.15) is 12.1 Å². The molecule has 3 rings (SSSR count). The number of ether oxygens (including phenoxy) is 2. The van der Waals surface area contributed by atoms with E-state index in [-0.39, 0.29) is 28.1 Å². The van der Waals surface area contributed by atoms with Crippen LogP contribution in [0.5, 0.6) is 0 Å². The lowest BCUT2D eigenvalue weighted by Gasteiger charge is -2.16. The molecule has 0 aliphatic carbocycles. The molecule has 0 saturated carbocycles. The number of halogens is 2. The molecule has 0 aliphatic rings. The summed E-state index contributed by atoms with van der Waals surface area (Å²) in [6.45, 7) is 0. The topological polar surface area (TPSA) is 77.5 Å². The minimum Gasteiger partial charge on any atom is -0.467 e. The number of amides is 1. The minimum atomic E-state index is -0.899. The summed E-state index contributed by atoms with van der Waals surface area (Å²) in [7, 11) is 2.92. The predicted octanol–water partition coefficient (Wildman–Crippen LogP) is 5.50. The van der Waals surface area contributed by atoms with Crippen molar-refractivity contribution in [3.63, 3.8) is 0 Å². The van der Waals surface area contributed by atoms with E-state index >= 15 is 0 Å². The Morgan fingerprint density at radius 3 is 2.29 bits per heavy atom. The van der Waals surface area contributed by atoms with Crippen LogP contribution in [-0.2, 0) is 14.3 Å². The molecule has 0 spiro atoms. The van der Waals surface area contributed by atoms with Crippen LogP contribution in [0.3, 0.4) is 0 Å². The molecule has 1 N–H and O–H groups in total. The molecule has 176 valence electrons. The molecule has 8 heteroatoms. The largest absolute Gasteiger partial charge is 0.467 e. The van der Waals surface area contributed by atoms with Crippen LogP contribution in [0.2, 0.25) is 10.0 Å². The van der Waals surface area contributed by atoms with Crippen molar-refractivity contribution < 1.29 is 19.1 Å². The maximum atomic E-state index is 12.7. The van der Waals surface area contributed by atoms with Gasteiger partial charge in [-0.1, -0.05) is 71.8 Å². The molecule has 0 radical (unpaired) electrons. The smallest absolute Gasteiger partial charge is 0.328 e. The van der Waals surface area contributed by atoms with Crippen LogP contribution in [0.4, 0.5) is 0 Å². The number of pyridine rings is 1. The number of nitrogens with one attached hydrogen (secondary N) is 1. The van der Waals surface area contributed by atoms with Gasteiger partial charge in [-0.25, -0.2) is 4.79 Å². The van der Waals surface area contributed by atoms with Crippen molar-refractivity contribution in [3.8, 4) is 0 Å². The highest BCUT2D eigenvalue weighted by molar-refractivity contribution is 6.39. The molecular formula is C26H24Cl2N2O4. The fourth-order valence-electron chi connectivity index (χ4n) is 3.42. The number of carbonyl (C=O) groups excluding carboxylic acids is 2. The summed E-state index contributed by atoms with van der Waals surface area (Å²) in [5.41, 5.74) is 2.99. The zero-order valence-electron chi connectivity index (χ0n) is 18.7.